The number of hydrogen-bond donors (Lipinski definition) is 1. The Kier molecular flexibility index (Phi) is 3.86. The Morgan fingerprint density at radius 2 is 2.24 bits per heavy atom. The van der Waals surface area contributed by atoms with E-state index in [0.29, 0.717) is 6.54 Å². The number of rotatable bonds is 3. The van der Waals surface area contributed by atoms with Crippen LogP contribution in [-0.2, 0) is 6.54 Å². The van der Waals surface area contributed by atoms with Crippen LogP contribution in [0.15, 0.2) is 34.2 Å². The van der Waals surface area contributed by atoms with Gasteiger partial charge in [-0.1, -0.05) is 0 Å². The van der Waals surface area contributed by atoms with Gasteiger partial charge in [0.25, 0.3) is 5.91 Å². The number of nitrogens with zero attached hydrogens (tertiary/aromatic N) is 1. The third kappa shape index (κ3) is 3.34. The number of thiophene rings is 1. The summed E-state index contributed by atoms with van der Waals surface area (Å²) in [5.74, 6) is -0.766. The fourth-order valence-electron chi connectivity index (χ4n) is 1.21. The Morgan fingerprint density at radius 1 is 1.41 bits per heavy atom. The molecule has 0 unspecified atom stereocenters. The number of nitrogens with one attached hydrogen (secondary N) is 1. The zero-order chi connectivity index (χ0) is 12.3. The van der Waals surface area contributed by atoms with Gasteiger partial charge >= 0.3 is 0 Å². The summed E-state index contributed by atoms with van der Waals surface area (Å²) in [6.45, 7) is 0.439. The largest absolute Gasteiger partial charge is 0.346 e. The van der Waals surface area contributed by atoms with Crippen LogP contribution in [0.1, 0.15) is 15.4 Å². The van der Waals surface area contributed by atoms with Crippen molar-refractivity contribution in [2.75, 3.05) is 0 Å². The van der Waals surface area contributed by atoms with Crippen LogP contribution >= 0.6 is 27.3 Å². The zero-order valence-corrected chi connectivity index (χ0v) is 11.0. The average Bonchev–Trinajstić information content (AvgIpc) is 2.73. The van der Waals surface area contributed by atoms with Crippen molar-refractivity contribution in [3.63, 3.8) is 0 Å². The molecule has 3 nitrogen and oxygen atoms in total. The Hall–Kier alpha value is -1.27. The van der Waals surface area contributed by atoms with Crippen molar-refractivity contribution in [2.45, 2.75) is 6.54 Å². The van der Waals surface area contributed by atoms with Crippen LogP contribution in [0.5, 0.6) is 0 Å². The summed E-state index contributed by atoms with van der Waals surface area (Å²) in [6.07, 6.45) is 1.02. The number of carbonyl (C=O) groups is 1. The second-order valence-electron chi connectivity index (χ2n) is 3.25. The molecule has 88 valence electrons. The predicted molar refractivity (Wildman–Crippen MR) is 67.4 cm³/mol. The first-order valence-corrected chi connectivity index (χ1v) is 6.40. The molecular formula is C11H8BrFN2OS. The molecule has 0 bridgehead atoms. The third-order valence-corrected chi connectivity index (χ3v) is 3.64. The number of pyridine rings is 1. The van der Waals surface area contributed by atoms with Crippen LogP contribution in [0, 0.1) is 5.82 Å². The second-order valence-corrected chi connectivity index (χ2v) is 5.80. The lowest BCUT2D eigenvalue weighted by molar-refractivity contribution is 0.0946. The van der Waals surface area contributed by atoms with Gasteiger partial charge in [-0.15, -0.1) is 11.3 Å². The Bertz CT molecular complexity index is 527. The normalized spacial score (nSPS) is 10.2. The zero-order valence-electron chi connectivity index (χ0n) is 8.61. The number of hydrogen-bond acceptors (Lipinski definition) is 3. The molecule has 17 heavy (non-hydrogen) atoms. The van der Waals surface area contributed by atoms with Gasteiger partial charge in [0.2, 0.25) is 0 Å². The van der Waals surface area contributed by atoms with E-state index in [1.54, 1.807) is 11.3 Å². The van der Waals surface area contributed by atoms with Crippen molar-refractivity contribution in [1.82, 2.24) is 10.3 Å². The molecule has 0 atom stereocenters. The molecule has 1 N–H and O–H groups in total. The van der Waals surface area contributed by atoms with Gasteiger partial charge in [-0.05, 0) is 40.2 Å². The summed E-state index contributed by atoms with van der Waals surface area (Å²) < 4.78 is 13.6. The molecule has 2 aromatic heterocycles. The molecule has 2 aromatic rings. The van der Waals surface area contributed by atoms with E-state index in [0.717, 1.165) is 14.9 Å². The minimum absolute atomic E-state index is 0.210. The van der Waals surface area contributed by atoms with E-state index in [9.17, 15) is 9.18 Å². The van der Waals surface area contributed by atoms with Crippen molar-refractivity contribution >= 4 is 33.2 Å². The van der Waals surface area contributed by atoms with E-state index >= 15 is 0 Å². The molecule has 1 amide bonds. The smallest absolute Gasteiger partial charge is 0.270 e. The summed E-state index contributed by atoms with van der Waals surface area (Å²) in [5, 5.41) is 2.71. The molecule has 0 aliphatic heterocycles. The van der Waals surface area contributed by atoms with Gasteiger partial charge in [0.1, 0.15) is 11.5 Å². The SMILES string of the molecule is O=C(NCc1ccc(Br)s1)c1ccc(F)cn1. The van der Waals surface area contributed by atoms with E-state index in [1.165, 1.54) is 12.1 Å². The maximum absolute atomic E-state index is 12.6. The minimum atomic E-state index is -0.455. The van der Waals surface area contributed by atoms with Gasteiger partial charge in [-0.3, -0.25) is 4.79 Å². The maximum atomic E-state index is 12.6. The van der Waals surface area contributed by atoms with Gasteiger partial charge in [0.15, 0.2) is 0 Å². The summed E-state index contributed by atoms with van der Waals surface area (Å²) in [6, 6.07) is 6.41. The molecule has 2 rings (SSSR count). The summed E-state index contributed by atoms with van der Waals surface area (Å²) >= 11 is 4.89. The molecule has 0 spiro atoms. The minimum Gasteiger partial charge on any atom is -0.346 e. The number of carbonyl (C=O) groups excluding carboxylic acids is 1. The number of halogens is 2. The fourth-order valence-corrected chi connectivity index (χ4v) is 2.64. The highest BCUT2D eigenvalue weighted by Gasteiger charge is 2.07. The summed E-state index contributed by atoms with van der Waals surface area (Å²) in [7, 11) is 0. The van der Waals surface area contributed by atoms with E-state index in [4.69, 9.17) is 0 Å². The third-order valence-electron chi connectivity index (χ3n) is 2.01. The summed E-state index contributed by atoms with van der Waals surface area (Å²) in [4.78, 5) is 16.4. The standard InChI is InChI=1S/C11H8BrFN2OS/c12-10-4-2-8(17-10)6-15-11(16)9-3-1-7(13)5-14-9/h1-5H,6H2,(H,15,16). The molecule has 2 heterocycles. The first-order valence-electron chi connectivity index (χ1n) is 4.79. The molecule has 0 fully saturated rings. The van der Waals surface area contributed by atoms with Gasteiger partial charge in [-0.2, -0.15) is 0 Å². The van der Waals surface area contributed by atoms with E-state index in [-0.39, 0.29) is 11.6 Å². The van der Waals surface area contributed by atoms with Crippen LogP contribution < -0.4 is 5.32 Å². The average molecular weight is 315 g/mol. The summed E-state index contributed by atoms with van der Waals surface area (Å²) in [5.41, 5.74) is 0.210. The highest BCUT2D eigenvalue weighted by atomic mass is 79.9. The van der Waals surface area contributed by atoms with Crippen LogP contribution in [-0.4, -0.2) is 10.9 Å². The maximum Gasteiger partial charge on any atom is 0.270 e. The lowest BCUT2D eigenvalue weighted by atomic mass is 10.3. The Balaban J connectivity index is 1.95. The molecule has 0 aliphatic rings. The van der Waals surface area contributed by atoms with Crippen molar-refractivity contribution < 1.29 is 9.18 Å². The van der Waals surface area contributed by atoms with Gasteiger partial charge < -0.3 is 5.32 Å². The molecule has 0 saturated heterocycles. The quantitative estimate of drug-likeness (QED) is 0.946. The molecule has 0 saturated carbocycles. The molecule has 0 radical (unpaired) electrons. The van der Waals surface area contributed by atoms with Crippen molar-refractivity contribution in [2.24, 2.45) is 0 Å². The van der Waals surface area contributed by atoms with E-state index in [1.807, 2.05) is 12.1 Å². The van der Waals surface area contributed by atoms with Crippen molar-refractivity contribution in [3.8, 4) is 0 Å². The van der Waals surface area contributed by atoms with Crippen LogP contribution in [0.25, 0.3) is 0 Å². The topological polar surface area (TPSA) is 42.0 Å². The highest BCUT2D eigenvalue weighted by molar-refractivity contribution is 9.11. The highest BCUT2D eigenvalue weighted by Crippen LogP contribution is 2.21. The lowest BCUT2D eigenvalue weighted by Crippen LogP contribution is -2.23. The molecule has 6 heteroatoms. The number of amides is 1. The Morgan fingerprint density at radius 3 is 2.82 bits per heavy atom. The number of aromatic nitrogens is 1. The van der Waals surface area contributed by atoms with E-state index in [2.05, 4.69) is 26.2 Å². The Labute approximate surface area is 110 Å². The van der Waals surface area contributed by atoms with Gasteiger partial charge in [0, 0.05) is 4.88 Å². The van der Waals surface area contributed by atoms with Crippen molar-refractivity contribution in [1.29, 1.82) is 0 Å². The first kappa shape index (κ1) is 12.2. The van der Waals surface area contributed by atoms with Crippen molar-refractivity contribution in [3.05, 3.63) is 50.6 Å². The van der Waals surface area contributed by atoms with Crippen LogP contribution in [0.4, 0.5) is 4.39 Å². The predicted octanol–water partition coefficient (Wildman–Crippen LogP) is 2.97. The molecular weight excluding hydrogens is 307 g/mol. The van der Waals surface area contributed by atoms with Gasteiger partial charge in [-0.25, -0.2) is 9.37 Å². The second kappa shape index (κ2) is 5.37. The first-order chi connectivity index (χ1) is 8.15. The lowest BCUT2D eigenvalue weighted by Gasteiger charge is -2.02. The van der Waals surface area contributed by atoms with Crippen LogP contribution in [0.3, 0.4) is 0 Å². The van der Waals surface area contributed by atoms with Crippen LogP contribution in [0.2, 0.25) is 0 Å². The molecule has 0 aliphatic carbocycles. The monoisotopic (exact) mass is 314 g/mol. The molecule has 0 aromatic carbocycles. The van der Waals surface area contributed by atoms with E-state index < -0.39 is 5.82 Å². The van der Waals surface area contributed by atoms with Gasteiger partial charge in [0.05, 0.1) is 16.5 Å². The fraction of sp³-hybridized carbons (Fsp3) is 0.0909.